The lowest BCUT2D eigenvalue weighted by atomic mass is 10.1. The number of carbonyl (C=O) groups excluding carboxylic acids is 2. The van der Waals surface area contributed by atoms with Crippen LogP contribution in [0.25, 0.3) is 6.08 Å². The number of nitrogens with zero attached hydrogens (tertiary/aromatic N) is 1. The van der Waals surface area contributed by atoms with E-state index in [4.69, 9.17) is 21.7 Å². The zero-order valence-electron chi connectivity index (χ0n) is 12.4. The third-order valence-electron chi connectivity index (χ3n) is 3.35. The lowest BCUT2D eigenvalue weighted by molar-refractivity contribution is -0.122. The van der Waals surface area contributed by atoms with Crippen LogP contribution < -0.4 is 10.2 Å². The molecule has 0 bridgehead atoms. The SMILES string of the molecule is O=C1NC(=S)N(c2ccc(C(=O)O)cc2)C(=O)/C1=C/c1ccc(Br)o1. The van der Waals surface area contributed by atoms with Gasteiger partial charge >= 0.3 is 5.97 Å². The van der Waals surface area contributed by atoms with Crippen LogP contribution in [0.3, 0.4) is 0 Å². The molecule has 25 heavy (non-hydrogen) atoms. The van der Waals surface area contributed by atoms with Gasteiger partial charge in [-0.2, -0.15) is 0 Å². The van der Waals surface area contributed by atoms with Crippen molar-refractivity contribution in [1.82, 2.24) is 5.32 Å². The van der Waals surface area contributed by atoms with E-state index >= 15 is 0 Å². The van der Waals surface area contributed by atoms with Gasteiger partial charge in [-0.1, -0.05) is 0 Å². The predicted molar refractivity (Wildman–Crippen MR) is 96.0 cm³/mol. The molecule has 0 spiro atoms. The maximum atomic E-state index is 12.7. The van der Waals surface area contributed by atoms with E-state index in [2.05, 4.69) is 21.2 Å². The molecule has 1 aliphatic heterocycles. The quantitative estimate of drug-likeness (QED) is 0.449. The number of carbonyl (C=O) groups is 3. The number of aromatic carboxylic acids is 1. The number of halogens is 1. The van der Waals surface area contributed by atoms with Crippen LogP contribution in [0.4, 0.5) is 5.69 Å². The van der Waals surface area contributed by atoms with Gasteiger partial charge in [0, 0.05) is 0 Å². The molecular formula is C16H9BrN2O5S. The van der Waals surface area contributed by atoms with Gasteiger partial charge in [0.15, 0.2) is 9.78 Å². The van der Waals surface area contributed by atoms with Crippen LogP contribution in [0.2, 0.25) is 0 Å². The first-order valence-corrected chi connectivity index (χ1v) is 8.07. The van der Waals surface area contributed by atoms with Gasteiger partial charge < -0.3 is 9.52 Å². The van der Waals surface area contributed by atoms with Crippen LogP contribution >= 0.6 is 28.1 Å². The Balaban J connectivity index is 1.98. The Morgan fingerprint density at radius 1 is 1.20 bits per heavy atom. The number of hydrogen-bond donors (Lipinski definition) is 2. The molecule has 0 unspecified atom stereocenters. The summed E-state index contributed by atoms with van der Waals surface area (Å²) in [5.41, 5.74) is 0.253. The molecule has 2 N–H and O–H groups in total. The minimum Gasteiger partial charge on any atom is -0.478 e. The van der Waals surface area contributed by atoms with E-state index in [9.17, 15) is 14.4 Å². The first-order valence-electron chi connectivity index (χ1n) is 6.87. The van der Waals surface area contributed by atoms with Crippen molar-refractivity contribution < 1.29 is 23.9 Å². The number of carboxylic acids is 1. The zero-order valence-corrected chi connectivity index (χ0v) is 14.8. The molecule has 9 heteroatoms. The highest BCUT2D eigenvalue weighted by atomic mass is 79.9. The maximum absolute atomic E-state index is 12.7. The standard InChI is InChI=1S/C16H9BrN2O5S/c17-12-6-5-10(24-12)7-11-13(20)18-16(25)19(14(11)21)9-3-1-8(2-4-9)15(22)23/h1-7H,(H,22,23)(H,18,20,25)/b11-7+. The summed E-state index contributed by atoms with van der Waals surface area (Å²) in [4.78, 5) is 36.9. The van der Waals surface area contributed by atoms with Crippen molar-refractivity contribution in [3.8, 4) is 0 Å². The highest BCUT2D eigenvalue weighted by Gasteiger charge is 2.34. The van der Waals surface area contributed by atoms with Crippen LogP contribution in [-0.4, -0.2) is 28.0 Å². The van der Waals surface area contributed by atoms with Crippen LogP contribution in [0.15, 0.2) is 51.1 Å². The van der Waals surface area contributed by atoms with Gasteiger partial charge in [0.1, 0.15) is 11.3 Å². The Labute approximate surface area is 155 Å². The van der Waals surface area contributed by atoms with E-state index in [1.165, 1.54) is 30.3 Å². The fourth-order valence-corrected chi connectivity index (χ4v) is 2.79. The zero-order chi connectivity index (χ0) is 18.1. The Bertz CT molecular complexity index is 932. The molecule has 1 aromatic heterocycles. The van der Waals surface area contributed by atoms with E-state index in [0.29, 0.717) is 16.1 Å². The number of thiocarbonyl (C=S) groups is 1. The van der Waals surface area contributed by atoms with Crippen LogP contribution in [0.5, 0.6) is 0 Å². The summed E-state index contributed by atoms with van der Waals surface area (Å²) in [5.74, 6) is -2.04. The van der Waals surface area contributed by atoms with Crippen molar-refractivity contribution in [1.29, 1.82) is 0 Å². The third kappa shape index (κ3) is 3.37. The van der Waals surface area contributed by atoms with Crippen molar-refractivity contribution in [3.05, 3.63) is 58.0 Å². The maximum Gasteiger partial charge on any atom is 0.335 e. The summed E-state index contributed by atoms with van der Waals surface area (Å²) in [5, 5.41) is 11.3. The van der Waals surface area contributed by atoms with Gasteiger partial charge in [-0.25, -0.2) is 4.79 Å². The summed E-state index contributed by atoms with van der Waals surface area (Å²) < 4.78 is 5.74. The molecule has 2 aromatic rings. The minimum absolute atomic E-state index is 0.0689. The molecule has 0 saturated carbocycles. The van der Waals surface area contributed by atoms with Crippen LogP contribution in [-0.2, 0) is 9.59 Å². The predicted octanol–water partition coefficient (Wildman–Crippen LogP) is 2.57. The van der Waals surface area contributed by atoms with Crippen LogP contribution in [0.1, 0.15) is 16.1 Å². The number of benzene rings is 1. The molecule has 1 fully saturated rings. The number of carboxylic acid groups (broad SMARTS) is 1. The fraction of sp³-hybridized carbons (Fsp3) is 0. The molecule has 2 amide bonds. The number of hydrogen-bond acceptors (Lipinski definition) is 5. The number of rotatable bonds is 3. The summed E-state index contributed by atoms with van der Waals surface area (Å²) in [7, 11) is 0. The van der Waals surface area contributed by atoms with E-state index in [1.807, 2.05) is 0 Å². The average Bonchev–Trinajstić information content (AvgIpc) is 2.97. The number of furan rings is 1. The normalized spacial score (nSPS) is 16.3. The van der Waals surface area contributed by atoms with E-state index < -0.39 is 17.8 Å². The molecule has 0 aliphatic carbocycles. The lowest BCUT2D eigenvalue weighted by Gasteiger charge is -2.28. The topological polar surface area (TPSA) is 99.9 Å². The number of nitrogens with one attached hydrogen (secondary N) is 1. The highest BCUT2D eigenvalue weighted by Crippen LogP contribution is 2.23. The van der Waals surface area contributed by atoms with Crippen molar-refractivity contribution in [2.24, 2.45) is 0 Å². The molecule has 126 valence electrons. The third-order valence-corrected chi connectivity index (χ3v) is 4.07. The number of anilines is 1. The average molecular weight is 421 g/mol. The summed E-state index contributed by atoms with van der Waals surface area (Å²) in [6, 6.07) is 8.79. The van der Waals surface area contributed by atoms with Crippen molar-refractivity contribution in [3.63, 3.8) is 0 Å². The van der Waals surface area contributed by atoms with Crippen molar-refractivity contribution in [2.75, 3.05) is 4.90 Å². The van der Waals surface area contributed by atoms with E-state index in [0.717, 1.165) is 4.90 Å². The molecule has 0 atom stereocenters. The highest BCUT2D eigenvalue weighted by molar-refractivity contribution is 9.10. The molecule has 1 aromatic carbocycles. The van der Waals surface area contributed by atoms with E-state index in [-0.39, 0.29) is 16.2 Å². The molecule has 1 saturated heterocycles. The molecule has 3 rings (SSSR count). The molecule has 2 heterocycles. The fourth-order valence-electron chi connectivity index (χ4n) is 2.19. The van der Waals surface area contributed by atoms with Gasteiger partial charge in [0.05, 0.1) is 11.3 Å². The van der Waals surface area contributed by atoms with Crippen LogP contribution in [0, 0.1) is 0 Å². The monoisotopic (exact) mass is 420 g/mol. The van der Waals surface area contributed by atoms with Crippen molar-refractivity contribution >= 4 is 62.8 Å². The smallest absolute Gasteiger partial charge is 0.335 e. The summed E-state index contributed by atoms with van der Waals surface area (Å²) in [6.45, 7) is 0. The second-order valence-corrected chi connectivity index (χ2v) is 6.12. The van der Waals surface area contributed by atoms with E-state index in [1.54, 1.807) is 12.1 Å². The van der Waals surface area contributed by atoms with Gasteiger partial charge in [-0.3, -0.25) is 19.8 Å². The molecule has 0 radical (unpaired) electrons. The van der Waals surface area contributed by atoms with Crippen molar-refractivity contribution in [2.45, 2.75) is 0 Å². The Kier molecular flexibility index (Phi) is 4.51. The Morgan fingerprint density at radius 2 is 1.88 bits per heavy atom. The summed E-state index contributed by atoms with van der Waals surface area (Å²) >= 11 is 8.21. The second-order valence-electron chi connectivity index (χ2n) is 4.95. The van der Waals surface area contributed by atoms with Gasteiger partial charge in [-0.15, -0.1) is 0 Å². The first kappa shape index (κ1) is 17.1. The second kappa shape index (κ2) is 6.61. The largest absolute Gasteiger partial charge is 0.478 e. The minimum atomic E-state index is -1.09. The van der Waals surface area contributed by atoms with Gasteiger partial charge in [-0.05, 0) is 70.6 Å². The first-order chi connectivity index (χ1) is 11.9. The number of amides is 2. The molecular weight excluding hydrogens is 412 g/mol. The lowest BCUT2D eigenvalue weighted by Crippen LogP contribution is -2.54. The Morgan fingerprint density at radius 3 is 2.44 bits per heavy atom. The van der Waals surface area contributed by atoms with Gasteiger partial charge in [0.25, 0.3) is 11.8 Å². The molecule has 7 nitrogen and oxygen atoms in total. The summed E-state index contributed by atoms with van der Waals surface area (Å²) in [6.07, 6.45) is 1.31. The van der Waals surface area contributed by atoms with Gasteiger partial charge in [0.2, 0.25) is 0 Å². The molecule has 1 aliphatic rings. The Hall–Kier alpha value is -2.78.